The number of aliphatic hydroxyl groups is 1. The van der Waals surface area contributed by atoms with Crippen LogP contribution in [0.5, 0.6) is 0 Å². The number of carbonyl (C=O) groups is 1. The van der Waals surface area contributed by atoms with Gasteiger partial charge in [0.15, 0.2) is 0 Å². The van der Waals surface area contributed by atoms with Gasteiger partial charge in [0.2, 0.25) is 5.91 Å². The SMILES string of the molecule is O=C(CN1[C@@H]2CC[C@H]1CC(O)(c1ccco1)C2)N1CCCC1. The van der Waals surface area contributed by atoms with E-state index in [1.165, 1.54) is 0 Å². The molecule has 3 atom stereocenters. The standard InChI is InChI=1S/C17H24N2O3/c20-16(18-7-1-2-8-18)12-19-13-5-6-14(19)11-17(21,10-13)15-4-3-9-22-15/h3-4,9,13-14,21H,1-2,5-8,10-12H2/t13-,14+,17?. The van der Waals surface area contributed by atoms with E-state index in [2.05, 4.69) is 4.90 Å². The summed E-state index contributed by atoms with van der Waals surface area (Å²) in [7, 11) is 0. The Hall–Kier alpha value is -1.33. The van der Waals surface area contributed by atoms with Crippen molar-refractivity contribution in [1.82, 2.24) is 9.80 Å². The monoisotopic (exact) mass is 304 g/mol. The van der Waals surface area contributed by atoms with Crippen molar-refractivity contribution in [1.29, 1.82) is 0 Å². The second-order valence-electron chi connectivity index (χ2n) is 7.06. The highest BCUT2D eigenvalue weighted by Gasteiger charge is 2.50. The first kappa shape index (κ1) is 14.3. The molecule has 3 aliphatic rings. The third-order valence-corrected chi connectivity index (χ3v) is 5.67. The summed E-state index contributed by atoms with van der Waals surface area (Å²) in [5.74, 6) is 0.938. The second-order valence-corrected chi connectivity index (χ2v) is 7.06. The van der Waals surface area contributed by atoms with E-state index >= 15 is 0 Å². The average molecular weight is 304 g/mol. The molecule has 4 heterocycles. The maximum absolute atomic E-state index is 12.4. The third-order valence-electron chi connectivity index (χ3n) is 5.67. The van der Waals surface area contributed by atoms with Crippen LogP contribution >= 0.6 is 0 Å². The summed E-state index contributed by atoms with van der Waals surface area (Å²) >= 11 is 0. The molecule has 3 aliphatic heterocycles. The number of amides is 1. The van der Waals surface area contributed by atoms with E-state index in [0.717, 1.165) is 38.8 Å². The lowest BCUT2D eigenvalue weighted by Crippen LogP contribution is -2.52. The number of hydrogen-bond donors (Lipinski definition) is 1. The quantitative estimate of drug-likeness (QED) is 0.924. The van der Waals surface area contributed by atoms with Crippen LogP contribution in [0.1, 0.15) is 44.3 Å². The molecule has 0 aliphatic carbocycles. The zero-order chi connectivity index (χ0) is 15.2. The number of carbonyl (C=O) groups excluding carboxylic acids is 1. The minimum atomic E-state index is -0.859. The first-order chi connectivity index (χ1) is 10.7. The lowest BCUT2D eigenvalue weighted by molar-refractivity contribution is -0.135. The lowest BCUT2D eigenvalue weighted by atomic mass is 9.84. The minimum Gasteiger partial charge on any atom is -0.466 e. The van der Waals surface area contributed by atoms with Gasteiger partial charge in [0, 0.05) is 25.2 Å². The zero-order valence-electron chi connectivity index (χ0n) is 12.9. The Bertz CT molecular complexity index is 522. The average Bonchev–Trinajstić information content (AvgIpc) is 3.22. The number of piperidine rings is 1. The summed E-state index contributed by atoms with van der Waals surface area (Å²) in [4.78, 5) is 16.7. The second kappa shape index (κ2) is 5.39. The van der Waals surface area contributed by atoms with E-state index in [1.54, 1.807) is 6.26 Å². The number of nitrogens with zero attached hydrogens (tertiary/aromatic N) is 2. The fraction of sp³-hybridized carbons (Fsp3) is 0.706. The van der Waals surface area contributed by atoms with Crippen LogP contribution < -0.4 is 0 Å². The molecule has 0 spiro atoms. The zero-order valence-corrected chi connectivity index (χ0v) is 12.9. The van der Waals surface area contributed by atoms with Gasteiger partial charge in [0.25, 0.3) is 0 Å². The molecule has 2 bridgehead atoms. The fourth-order valence-corrected chi connectivity index (χ4v) is 4.54. The molecule has 5 nitrogen and oxygen atoms in total. The number of hydrogen-bond acceptors (Lipinski definition) is 4. The molecule has 3 fully saturated rings. The van der Waals surface area contributed by atoms with Gasteiger partial charge in [-0.3, -0.25) is 9.69 Å². The number of fused-ring (bicyclic) bond motifs is 2. The van der Waals surface area contributed by atoms with Crippen LogP contribution in [-0.2, 0) is 10.4 Å². The summed E-state index contributed by atoms with van der Waals surface area (Å²) in [6.45, 7) is 2.35. The van der Waals surface area contributed by atoms with Gasteiger partial charge in [0.05, 0.1) is 12.8 Å². The normalized spacial score (nSPS) is 35.2. The molecule has 1 aromatic rings. The van der Waals surface area contributed by atoms with Crippen molar-refractivity contribution < 1.29 is 14.3 Å². The van der Waals surface area contributed by atoms with E-state index in [9.17, 15) is 9.90 Å². The van der Waals surface area contributed by atoms with Crippen LogP contribution in [0, 0.1) is 0 Å². The molecular weight excluding hydrogens is 280 g/mol. The van der Waals surface area contributed by atoms with Gasteiger partial charge < -0.3 is 14.4 Å². The van der Waals surface area contributed by atoms with Crippen LogP contribution in [0.3, 0.4) is 0 Å². The molecular formula is C17H24N2O3. The number of furan rings is 1. The van der Waals surface area contributed by atoms with Gasteiger partial charge in [-0.15, -0.1) is 0 Å². The summed E-state index contributed by atoms with van der Waals surface area (Å²) in [6.07, 6.45) is 7.38. The van der Waals surface area contributed by atoms with E-state index in [0.29, 0.717) is 37.2 Å². The number of likely N-dealkylation sites (tertiary alicyclic amines) is 1. The van der Waals surface area contributed by atoms with Crippen molar-refractivity contribution in [2.24, 2.45) is 0 Å². The van der Waals surface area contributed by atoms with Crippen molar-refractivity contribution in [3.05, 3.63) is 24.2 Å². The van der Waals surface area contributed by atoms with Gasteiger partial charge >= 0.3 is 0 Å². The summed E-state index contributed by atoms with van der Waals surface area (Å²) in [5, 5.41) is 11.0. The molecule has 120 valence electrons. The Morgan fingerprint density at radius 1 is 1.27 bits per heavy atom. The van der Waals surface area contributed by atoms with Crippen LogP contribution in [0.15, 0.2) is 22.8 Å². The predicted octanol–water partition coefficient (Wildman–Crippen LogP) is 1.72. The number of rotatable bonds is 3. The van der Waals surface area contributed by atoms with E-state index in [4.69, 9.17) is 4.42 Å². The smallest absolute Gasteiger partial charge is 0.236 e. The third kappa shape index (κ3) is 2.36. The largest absolute Gasteiger partial charge is 0.466 e. The van der Waals surface area contributed by atoms with Crippen molar-refractivity contribution >= 4 is 5.91 Å². The van der Waals surface area contributed by atoms with Crippen molar-refractivity contribution in [3.63, 3.8) is 0 Å². The first-order valence-corrected chi connectivity index (χ1v) is 8.46. The Balaban J connectivity index is 1.46. The molecule has 0 saturated carbocycles. The predicted molar refractivity (Wildman–Crippen MR) is 81.2 cm³/mol. The van der Waals surface area contributed by atoms with Crippen LogP contribution in [-0.4, -0.2) is 52.5 Å². The van der Waals surface area contributed by atoms with Gasteiger partial charge in [-0.1, -0.05) is 0 Å². The van der Waals surface area contributed by atoms with Crippen LogP contribution in [0.4, 0.5) is 0 Å². The first-order valence-electron chi connectivity index (χ1n) is 8.46. The van der Waals surface area contributed by atoms with Crippen molar-refractivity contribution in [2.45, 2.75) is 56.2 Å². The van der Waals surface area contributed by atoms with Gasteiger partial charge in [0.1, 0.15) is 11.4 Å². The van der Waals surface area contributed by atoms with E-state index in [1.807, 2.05) is 17.0 Å². The molecule has 1 unspecified atom stereocenters. The Labute approximate surface area is 130 Å². The highest BCUT2D eigenvalue weighted by Crippen LogP contribution is 2.45. The van der Waals surface area contributed by atoms with Gasteiger partial charge in [-0.25, -0.2) is 0 Å². The van der Waals surface area contributed by atoms with Crippen molar-refractivity contribution in [2.75, 3.05) is 19.6 Å². The van der Waals surface area contributed by atoms with Crippen molar-refractivity contribution in [3.8, 4) is 0 Å². The molecule has 3 saturated heterocycles. The van der Waals surface area contributed by atoms with Gasteiger partial charge in [-0.2, -0.15) is 0 Å². The summed E-state index contributed by atoms with van der Waals surface area (Å²) in [6, 6.07) is 4.28. The fourth-order valence-electron chi connectivity index (χ4n) is 4.54. The molecule has 22 heavy (non-hydrogen) atoms. The Kier molecular flexibility index (Phi) is 3.50. The molecule has 4 rings (SSSR count). The molecule has 0 radical (unpaired) electrons. The molecule has 5 heteroatoms. The van der Waals surface area contributed by atoms with Crippen LogP contribution in [0.2, 0.25) is 0 Å². The molecule has 1 aromatic heterocycles. The Morgan fingerprint density at radius 3 is 2.55 bits per heavy atom. The molecule has 1 amide bonds. The lowest BCUT2D eigenvalue weighted by Gasteiger charge is -2.42. The van der Waals surface area contributed by atoms with E-state index < -0.39 is 5.60 Å². The Morgan fingerprint density at radius 2 is 1.95 bits per heavy atom. The van der Waals surface area contributed by atoms with Gasteiger partial charge in [-0.05, 0) is 50.7 Å². The minimum absolute atomic E-state index is 0.262. The van der Waals surface area contributed by atoms with E-state index in [-0.39, 0.29) is 5.91 Å². The maximum Gasteiger partial charge on any atom is 0.236 e. The molecule has 0 aromatic carbocycles. The maximum atomic E-state index is 12.4. The summed E-state index contributed by atoms with van der Waals surface area (Å²) in [5.41, 5.74) is -0.859. The topological polar surface area (TPSA) is 56.9 Å². The van der Waals surface area contributed by atoms with Crippen LogP contribution in [0.25, 0.3) is 0 Å². The summed E-state index contributed by atoms with van der Waals surface area (Å²) < 4.78 is 5.45. The highest BCUT2D eigenvalue weighted by molar-refractivity contribution is 5.78. The highest BCUT2D eigenvalue weighted by atomic mass is 16.4. The molecule has 1 N–H and O–H groups in total.